The van der Waals surface area contributed by atoms with E-state index in [0.29, 0.717) is 11.4 Å². The number of non-ortho nitro benzene ring substituents is 1. The van der Waals surface area contributed by atoms with Crippen LogP contribution in [0.1, 0.15) is 11.1 Å². The third-order valence-corrected chi connectivity index (χ3v) is 6.14. The molecule has 0 saturated heterocycles. The standard InChI is InChI=1S/C29H22ClN3O3/c1-36-24-13-15-27-26(18-24)29(25-14-10-21(30)17-28(25)32-27)31-22-7-3-6-20(16-22)5-2-4-19-8-11-23(12-9-19)33(34)35/h2-4,6-18H,5H2,1H3,(H,31,32). The van der Waals surface area contributed by atoms with Crippen molar-refractivity contribution < 1.29 is 9.66 Å². The number of hydrogen-bond acceptors (Lipinski definition) is 5. The molecule has 0 aliphatic carbocycles. The number of allylic oxidation sites excluding steroid dienone is 1. The van der Waals surface area contributed by atoms with Crippen molar-refractivity contribution in [3.05, 3.63) is 117 Å². The molecule has 0 saturated carbocycles. The fraction of sp³-hybridized carbons (Fsp3) is 0.0690. The number of hydrogen-bond donors (Lipinski definition) is 1. The fourth-order valence-corrected chi connectivity index (χ4v) is 4.28. The summed E-state index contributed by atoms with van der Waals surface area (Å²) in [5.74, 6) is 0.755. The number of anilines is 2. The van der Waals surface area contributed by atoms with E-state index in [9.17, 15) is 10.1 Å². The molecular formula is C29H22ClN3O3. The van der Waals surface area contributed by atoms with Crippen molar-refractivity contribution in [2.24, 2.45) is 0 Å². The summed E-state index contributed by atoms with van der Waals surface area (Å²) in [6.07, 6.45) is 4.72. The van der Waals surface area contributed by atoms with Gasteiger partial charge in [0.2, 0.25) is 0 Å². The smallest absolute Gasteiger partial charge is 0.269 e. The molecule has 36 heavy (non-hydrogen) atoms. The molecule has 0 aliphatic rings. The molecule has 1 N–H and O–H groups in total. The second-order valence-corrected chi connectivity index (χ2v) is 8.75. The predicted octanol–water partition coefficient (Wildman–Crippen LogP) is 7.96. The molecule has 0 amide bonds. The number of benzene rings is 4. The molecule has 0 fully saturated rings. The molecule has 4 aromatic carbocycles. The highest BCUT2D eigenvalue weighted by atomic mass is 35.5. The number of fused-ring (bicyclic) bond motifs is 2. The van der Waals surface area contributed by atoms with Crippen LogP contribution < -0.4 is 10.1 Å². The molecular weight excluding hydrogens is 474 g/mol. The van der Waals surface area contributed by atoms with Gasteiger partial charge in [0, 0.05) is 33.6 Å². The van der Waals surface area contributed by atoms with E-state index in [1.54, 1.807) is 19.2 Å². The zero-order valence-corrected chi connectivity index (χ0v) is 20.2. The summed E-state index contributed by atoms with van der Waals surface area (Å²) in [4.78, 5) is 15.2. The van der Waals surface area contributed by atoms with Crippen LogP contribution in [0.25, 0.3) is 27.9 Å². The van der Waals surface area contributed by atoms with Crippen LogP contribution in [0.15, 0.2) is 91.0 Å². The van der Waals surface area contributed by atoms with Gasteiger partial charge in [0.1, 0.15) is 5.75 Å². The van der Waals surface area contributed by atoms with Crippen LogP contribution in [0.4, 0.5) is 17.1 Å². The molecule has 1 aromatic heterocycles. The molecule has 0 bridgehead atoms. The molecule has 5 rings (SSSR count). The van der Waals surface area contributed by atoms with Gasteiger partial charge in [0.15, 0.2) is 0 Å². The summed E-state index contributed by atoms with van der Waals surface area (Å²) >= 11 is 6.25. The van der Waals surface area contributed by atoms with E-state index >= 15 is 0 Å². The van der Waals surface area contributed by atoms with E-state index in [0.717, 1.165) is 50.1 Å². The van der Waals surface area contributed by atoms with Crippen molar-refractivity contribution >= 4 is 56.5 Å². The number of halogens is 1. The molecule has 6 nitrogen and oxygen atoms in total. The Morgan fingerprint density at radius 1 is 0.972 bits per heavy atom. The van der Waals surface area contributed by atoms with Gasteiger partial charge in [0.25, 0.3) is 5.69 Å². The van der Waals surface area contributed by atoms with Crippen LogP contribution in [-0.4, -0.2) is 17.0 Å². The van der Waals surface area contributed by atoms with E-state index < -0.39 is 4.92 Å². The first-order chi connectivity index (χ1) is 17.5. The highest BCUT2D eigenvalue weighted by Crippen LogP contribution is 2.36. The number of nitro benzene ring substituents is 1. The molecule has 178 valence electrons. The number of methoxy groups -OCH3 is 1. The lowest BCUT2D eigenvalue weighted by Gasteiger charge is -2.15. The maximum Gasteiger partial charge on any atom is 0.269 e. The van der Waals surface area contributed by atoms with Gasteiger partial charge in [-0.2, -0.15) is 0 Å². The van der Waals surface area contributed by atoms with E-state index in [1.807, 2.05) is 60.7 Å². The summed E-state index contributed by atoms with van der Waals surface area (Å²) in [6, 6.07) is 26.2. The zero-order valence-electron chi connectivity index (χ0n) is 19.4. The first-order valence-corrected chi connectivity index (χ1v) is 11.7. The fourth-order valence-electron chi connectivity index (χ4n) is 4.12. The van der Waals surface area contributed by atoms with Gasteiger partial charge < -0.3 is 10.1 Å². The average Bonchev–Trinajstić information content (AvgIpc) is 2.88. The third-order valence-electron chi connectivity index (χ3n) is 5.91. The summed E-state index contributed by atoms with van der Waals surface area (Å²) in [7, 11) is 1.65. The van der Waals surface area contributed by atoms with Crippen LogP contribution in [-0.2, 0) is 6.42 Å². The number of rotatable bonds is 7. The van der Waals surface area contributed by atoms with E-state index in [1.165, 1.54) is 12.1 Å². The van der Waals surface area contributed by atoms with Crippen molar-refractivity contribution in [1.82, 2.24) is 4.98 Å². The Labute approximate surface area is 213 Å². The molecule has 5 aromatic rings. The Hall–Kier alpha value is -4.42. The van der Waals surface area contributed by atoms with Crippen LogP contribution in [0, 0.1) is 10.1 Å². The van der Waals surface area contributed by atoms with Crippen LogP contribution in [0.2, 0.25) is 5.02 Å². The van der Waals surface area contributed by atoms with E-state index in [2.05, 4.69) is 17.4 Å². The Morgan fingerprint density at radius 3 is 2.58 bits per heavy atom. The Bertz CT molecular complexity index is 1610. The average molecular weight is 496 g/mol. The highest BCUT2D eigenvalue weighted by Gasteiger charge is 2.12. The van der Waals surface area contributed by atoms with Crippen molar-refractivity contribution in [2.75, 3.05) is 12.4 Å². The third kappa shape index (κ3) is 4.99. The minimum absolute atomic E-state index is 0.0852. The highest BCUT2D eigenvalue weighted by molar-refractivity contribution is 6.31. The second kappa shape index (κ2) is 10.1. The first-order valence-electron chi connectivity index (χ1n) is 11.3. The molecule has 0 radical (unpaired) electrons. The summed E-state index contributed by atoms with van der Waals surface area (Å²) in [5, 5.41) is 17.0. The van der Waals surface area contributed by atoms with Gasteiger partial charge in [-0.15, -0.1) is 0 Å². The van der Waals surface area contributed by atoms with Gasteiger partial charge in [-0.3, -0.25) is 10.1 Å². The predicted molar refractivity (Wildman–Crippen MR) is 146 cm³/mol. The zero-order chi connectivity index (χ0) is 25.1. The van der Waals surface area contributed by atoms with Gasteiger partial charge in [-0.1, -0.05) is 35.9 Å². The number of pyridine rings is 1. The number of aromatic nitrogens is 1. The molecule has 0 unspecified atom stereocenters. The Balaban J connectivity index is 1.44. The largest absolute Gasteiger partial charge is 0.497 e. The Kier molecular flexibility index (Phi) is 6.52. The molecule has 0 aliphatic heterocycles. The molecule has 1 heterocycles. The quantitative estimate of drug-likeness (QED) is 0.141. The monoisotopic (exact) mass is 495 g/mol. The lowest BCUT2D eigenvalue weighted by atomic mass is 10.1. The van der Waals surface area contributed by atoms with Crippen molar-refractivity contribution in [3.63, 3.8) is 0 Å². The van der Waals surface area contributed by atoms with Gasteiger partial charge in [0.05, 0.1) is 28.8 Å². The molecule has 0 spiro atoms. The van der Waals surface area contributed by atoms with Crippen molar-refractivity contribution in [1.29, 1.82) is 0 Å². The van der Waals surface area contributed by atoms with E-state index in [4.69, 9.17) is 21.3 Å². The summed E-state index contributed by atoms with van der Waals surface area (Å²) < 4.78 is 5.46. The van der Waals surface area contributed by atoms with Crippen LogP contribution in [0.3, 0.4) is 0 Å². The number of ether oxygens (including phenoxy) is 1. The second-order valence-electron chi connectivity index (χ2n) is 8.31. The lowest BCUT2D eigenvalue weighted by molar-refractivity contribution is -0.384. The van der Waals surface area contributed by atoms with Crippen LogP contribution in [0.5, 0.6) is 5.75 Å². The maximum absolute atomic E-state index is 10.8. The lowest BCUT2D eigenvalue weighted by Crippen LogP contribution is -1.97. The number of nitrogens with one attached hydrogen (secondary N) is 1. The normalized spacial score (nSPS) is 11.3. The van der Waals surface area contributed by atoms with Crippen LogP contribution >= 0.6 is 11.6 Å². The molecule has 7 heteroatoms. The number of nitro groups is 1. The minimum Gasteiger partial charge on any atom is -0.497 e. The summed E-state index contributed by atoms with van der Waals surface area (Å²) in [6.45, 7) is 0. The van der Waals surface area contributed by atoms with Gasteiger partial charge in [-0.05, 0) is 78.2 Å². The van der Waals surface area contributed by atoms with Crippen molar-refractivity contribution in [2.45, 2.75) is 6.42 Å². The van der Waals surface area contributed by atoms with Crippen molar-refractivity contribution in [3.8, 4) is 5.75 Å². The topological polar surface area (TPSA) is 77.3 Å². The molecule has 0 atom stereocenters. The van der Waals surface area contributed by atoms with E-state index in [-0.39, 0.29) is 5.69 Å². The summed E-state index contributed by atoms with van der Waals surface area (Å²) in [5.41, 5.74) is 5.66. The first kappa shape index (κ1) is 23.3. The Morgan fingerprint density at radius 2 is 1.81 bits per heavy atom. The van der Waals surface area contributed by atoms with Gasteiger partial charge in [-0.25, -0.2) is 4.98 Å². The number of nitrogens with zero attached hydrogens (tertiary/aromatic N) is 2. The SMILES string of the molecule is COc1ccc2nc3cc(Cl)ccc3c(Nc3cccc(CC=Cc4ccc([N+](=O)[O-])cc4)c3)c2c1. The maximum atomic E-state index is 10.8. The van der Waals surface area contributed by atoms with Gasteiger partial charge >= 0.3 is 0 Å². The minimum atomic E-state index is -0.397.